The SMILES string of the molecule is CC.CCCCCCCOCCOCCOCCCCCC(=O)Nc1cccc2c1C(=O)N(C1CCC(=O)NC1=O)C2=O. The van der Waals surface area contributed by atoms with E-state index in [9.17, 15) is 24.0 Å². The van der Waals surface area contributed by atoms with Gasteiger partial charge >= 0.3 is 0 Å². The van der Waals surface area contributed by atoms with Gasteiger partial charge in [-0.15, -0.1) is 0 Å². The van der Waals surface area contributed by atoms with E-state index in [1.807, 2.05) is 13.8 Å². The molecule has 1 atom stereocenters. The Balaban J connectivity index is 0.00000316. The van der Waals surface area contributed by atoms with Crippen LogP contribution >= 0.6 is 0 Å². The van der Waals surface area contributed by atoms with Crippen molar-refractivity contribution in [3.05, 3.63) is 29.3 Å². The van der Waals surface area contributed by atoms with Crippen LogP contribution in [0.3, 0.4) is 0 Å². The Kier molecular flexibility index (Phi) is 17.4. The number of hydrogen-bond donors (Lipinski definition) is 2. The molecule has 2 heterocycles. The fourth-order valence-electron chi connectivity index (χ4n) is 4.85. The molecule has 1 unspecified atom stereocenters. The number of carbonyl (C=O) groups excluding carboxylic acids is 5. The van der Waals surface area contributed by atoms with Crippen molar-refractivity contribution < 1.29 is 38.2 Å². The Morgan fingerprint density at radius 1 is 0.837 bits per heavy atom. The summed E-state index contributed by atoms with van der Waals surface area (Å²) in [5, 5.41) is 4.91. The number of piperidine rings is 1. The number of hydrogen-bond acceptors (Lipinski definition) is 8. The smallest absolute Gasteiger partial charge is 0.264 e. The van der Waals surface area contributed by atoms with Crippen molar-refractivity contribution in [1.29, 1.82) is 0 Å². The monoisotopic (exact) mass is 603 g/mol. The van der Waals surface area contributed by atoms with Crippen molar-refractivity contribution in [1.82, 2.24) is 10.2 Å². The lowest BCUT2D eigenvalue weighted by Gasteiger charge is -2.27. The lowest BCUT2D eigenvalue weighted by atomic mass is 10.0. The maximum Gasteiger partial charge on any atom is 0.264 e. The Bertz CT molecular complexity index is 1060. The Labute approximate surface area is 255 Å². The summed E-state index contributed by atoms with van der Waals surface area (Å²) < 4.78 is 16.6. The third-order valence-corrected chi connectivity index (χ3v) is 7.07. The number of anilines is 1. The van der Waals surface area contributed by atoms with E-state index in [0.717, 1.165) is 30.8 Å². The second-order valence-corrected chi connectivity index (χ2v) is 10.3. The summed E-state index contributed by atoms with van der Waals surface area (Å²) >= 11 is 0. The molecule has 240 valence electrons. The normalized spacial score (nSPS) is 16.1. The Morgan fingerprint density at radius 3 is 2.07 bits per heavy atom. The summed E-state index contributed by atoms with van der Waals surface area (Å²) in [6.45, 7) is 9.77. The predicted octanol–water partition coefficient (Wildman–Crippen LogP) is 4.63. The number of rotatable bonds is 20. The predicted molar refractivity (Wildman–Crippen MR) is 163 cm³/mol. The Hall–Kier alpha value is -3.15. The fourth-order valence-corrected chi connectivity index (χ4v) is 4.85. The van der Waals surface area contributed by atoms with Gasteiger partial charge in [-0.05, 0) is 37.8 Å². The van der Waals surface area contributed by atoms with Gasteiger partial charge < -0.3 is 19.5 Å². The second kappa shape index (κ2) is 20.7. The third kappa shape index (κ3) is 11.8. The van der Waals surface area contributed by atoms with Gasteiger partial charge in [-0.1, -0.05) is 58.9 Å². The van der Waals surface area contributed by atoms with Crippen LogP contribution in [0.1, 0.15) is 112 Å². The molecule has 1 saturated heterocycles. The summed E-state index contributed by atoms with van der Waals surface area (Å²) in [6, 6.07) is 3.58. The molecule has 43 heavy (non-hydrogen) atoms. The zero-order valence-corrected chi connectivity index (χ0v) is 26.0. The number of benzene rings is 1. The highest BCUT2D eigenvalue weighted by Crippen LogP contribution is 2.32. The fraction of sp³-hybridized carbons (Fsp3) is 0.656. The van der Waals surface area contributed by atoms with Crippen LogP contribution in [0, 0.1) is 0 Å². The minimum absolute atomic E-state index is 0.0427. The van der Waals surface area contributed by atoms with Crippen molar-refractivity contribution in [3.63, 3.8) is 0 Å². The number of fused-ring (bicyclic) bond motifs is 1. The Morgan fingerprint density at radius 2 is 1.44 bits per heavy atom. The molecule has 0 radical (unpaired) electrons. The van der Waals surface area contributed by atoms with Gasteiger partial charge in [-0.3, -0.25) is 34.2 Å². The van der Waals surface area contributed by atoms with E-state index in [1.54, 1.807) is 12.1 Å². The number of carbonyl (C=O) groups is 5. The van der Waals surface area contributed by atoms with Crippen LogP contribution in [0.5, 0.6) is 0 Å². The number of unbranched alkanes of at least 4 members (excludes halogenated alkanes) is 6. The highest BCUT2D eigenvalue weighted by atomic mass is 16.5. The van der Waals surface area contributed by atoms with Crippen LogP contribution < -0.4 is 10.6 Å². The van der Waals surface area contributed by atoms with Gasteiger partial charge in [0, 0.05) is 26.1 Å². The maximum atomic E-state index is 13.1. The standard InChI is InChI=1S/C30H43N3O8.C2H6/c1-2-3-4-5-8-16-39-18-20-41-21-19-40-17-9-6-7-13-25(34)31-23-12-10-11-22-27(23)30(38)33(29(22)37)24-14-15-26(35)32-28(24)36;1-2/h10-12,24H,2-9,13-21H2,1H3,(H,31,34)(H,32,35,36);1-2H3. The van der Waals surface area contributed by atoms with Crippen molar-refractivity contribution in [3.8, 4) is 0 Å². The number of amides is 5. The van der Waals surface area contributed by atoms with Gasteiger partial charge in [-0.25, -0.2) is 0 Å². The lowest BCUT2D eigenvalue weighted by Crippen LogP contribution is -2.54. The molecular formula is C32H49N3O8. The molecule has 2 aliphatic heterocycles. The van der Waals surface area contributed by atoms with Gasteiger partial charge in [-0.2, -0.15) is 0 Å². The summed E-state index contributed by atoms with van der Waals surface area (Å²) in [7, 11) is 0. The van der Waals surface area contributed by atoms with E-state index in [-0.39, 0.29) is 42.0 Å². The molecule has 3 rings (SSSR count). The molecule has 5 amide bonds. The number of ether oxygens (including phenoxy) is 3. The summed E-state index contributed by atoms with van der Waals surface area (Å²) in [5.41, 5.74) is 0.436. The van der Waals surface area contributed by atoms with Crippen molar-refractivity contribution in [2.75, 3.05) is 45.0 Å². The molecule has 0 aliphatic carbocycles. The maximum absolute atomic E-state index is 13.1. The second-order valence-electron chi connectivity index (χ2n) is 10.3. The first-order valence-corrected chi connectivity index (χ1v) is 15.8. The molecular weight excluding hydrogens is 554 g/mol. The molecule has 0 spiro atoms. The van der Waals surface area contributed by atoms with Gasteiger partial charge in [0.2, 0.25) is 17.7 Å². The molecule has 11 heteroatoms. The highest BCUT2D eigenvalue weighted by Gasteiger charge is 2.45. The topological polar surface area (TPSA) is 140 Å². The minimum Gasteiger partial charge on any atom is -0.379 e. The van der Waals surface area contributed by atoms with E-state index in [1.165, 1.54) is 31.7 Å². The van der Waals surface area contributed by atoms with Crippen LogP contribution in [0.2, 0.25) is 0 Å². The minimum atomic E-state index is -1.05. The first-order chi connectivity index (χ1) is 20.9. The number of imide groups is 2. The molecule has 2 aliphatic rings. The molecule has 11 nitrogen and oxygen atoms in total. The molecule has 0 bridgehead atoms. The quantitative estimate of drug-likeness (QED) is 0.162. The largest absolute Gasteiger partial charge is 0.379 e. The van der Waals surface area contributed by atoms with Crippen molar-refractivity contribution >= 4 is 35.2 Å². The highest BCUT2D eigenvalue weighted by molar-refractivity contribution is 6.26. The summed E-state index contributed by atoms with van der Waals surface area (Å²) in [5.74, 6) is -2.64. The zero-order chi connectivity index (χ0) is 31.5. The van der Waals surface area contributed by atoms with E-state index >= 15 is 0 Å². The van der Waals surface area contributed by atoms with E-state index < -0.39 is 29.7 Å². The van der Waals surface area contributed by atoms with Crippen LogP contribution in [0.25, 0.3) is 0 Å². The van der Waals surface area contributed by atoms with Crippen molar-refractivity contribution in [2.24, 2.45) is 0 Å². The van der Waals surface area contributed by atoms with Gasteiger partial charge in [0.15, 0.2) is 0 Å². The van der Waals surface area contributed by atoms with Crippen LogP contribution in [-0.2, 0) is 28.6 Å². The lowest BCUT2D eigenvalue weighted by molar-refractivity contribution is -0.136. The first-order valence-electron chi connectivity index (χ1n) is 15.8. The molecule has 1 aromatic rings. The van der Waals surface area contributed by atoms with Gasteiger partial charge in [0.1, 0.15) is 6.04 Å². The average Bonchev–Trinajstić information content (AvgIpc) is 3.25. The van der Waals surface area contributed by atoms with Crippen LogP contribution in [-0.4, -0.2) is 80.1 Å². The number of nitrogens with one attached hydrogen (secondary N) is 2. The third-order valence-electron chi connectivity index (χ3n) is 7.07. The summed E-state index contributed by atoms with van der Waals surface area (Å²) in [4.78, 5) is 63.2. The average molecular weight is 604 g/mol. The molecule has 0 saturated carbocycles. The first kappa shape index (κ1) is 36.0. The van der Waals surface area contributed by atoms with Gasteiger partial charge in [0.05, 0.1) is 43.2 Å². The van der Waals surface area contributed by atoms with Gasteiger partial charge in [0.25, 0.3) is 11.8 Å². The van der Waals surface area contributed by atoms with Crippen LogP contribution in [0.15, 0.2) is 18.2 Å². The number of nitrogens with zero attached hydrogens (tertiary/aromatic N) is 1. The molecule has 1 aromatic carbocycles. The molecule has 0 aromatic heterocycles. The van der Waals surface area contributed by atoms with E-state index in [0.29, 0.717) is 39.5 Å². The summed E-state index contributed by atoms with van der Waals surface area (Å²) in [6.07, 6.45) is 8.75. The molecule has 1 fully saturated rings. The van der Waals surface area contributed by atoms with E-state index in [2.05, 4.69) is 17.6 Å². The van der Waals surface area contributed by atoms with E-state index in [4.69, 9.17) is 14.2 Å². The zero-order valence-electron chi connectivity index (χ0n) is 26.0. The van der Waals surface area contributed by atoms with Crippen molar-refractivity contribution in [2.45, 2.75) is 97.4 Å². The molecule has 2 N–H and O–H groups in total. The van der Waals surface area contributed by atoms with Crippen LogP contribution in [0.4, 0.5) is 5.69 Å².